The van der Waals surface area contributed by atoms with Crippen molar-refractivity contribution in [3.8, 4) is 5.75 Å². The van der Waals surface area contributed by atoms with E-state index in [9.17, 15) is 18.0 Å². The lowest BCUT2D eigenvalue weighted by Gasteiger charge is -2.12. The van der Waals surface area contributed by atoms with Gasteiger partial charge in [-0.3, -0.25) is 25.2 Å². The fraction of sp³-hybridized carbons (Fsp3) is 0.227. The molecule has 0 aliphatic carbocycles. The molecule has 1 heterocycles. The Morgan fingerprint density at radius 2 is 1.82 bits per heavy atom. The third-order valence-corrected chi connectivity index (χ3v) is 6.22. The Morgan fingerprint density at radius 1 is 1.06 bits per heavy atom. The standard InChI is InChI=1S/C22H24N4O6S/c1-14-18(15(2)32-25-14)11-12-21(27)23-24-22(28)16-7-6-8-17(13-16)33(29,30)26-19-9-4-5-10-20(19)31-3/h4-10,13,26H,11-12H2,1-3H3,(H,23,27)(H,24,28). The minimum atomic E-state index is -3.99. The van der Waals surface area contributed by atoms with Gasteiger partial charge in [-0.15, -0.1) is 0 Å². The summed E-state index contributed by atoms with van der Waals surface area (Å²) in [7, 11) is -2.56. The van der Waals surface area contributed by atoms with Crippen LogP contribution >= 0.6 is 0 Å². The number of carbonyl (C=O) groups excluding carboxylic acids is 2. The van der Waals surface area contributed by atoms with E-state index in [0.717, 1.165) is 5.56 Å². The molecule has 0 unspecified atom stereocenters. The molecule has 2 aromatic carbocycles. The van der Waals surface area contributed by atoms with Crippen LogP contribution in [0.1, 0.15) is 33.8 Å². The topological polar surface area (TPSA) is 140 Å². The van der Waals surface area contributed by atoms with E-state index in [2.05, 4.69) is 20.7 Å². The SMILES string of the molecule is COc1ccccc1NS(=O)(=O)c1cccc(C(=O)NNC(=O)CCc2c(C)noc2C)c1. The molecule has 0 spiro atoms. The number of ether oxygens (including phenoxy) is 1. The number of nitrogens with one attached hydrogen (secondary N) is 3. The fourth-order valence-electron chi connectivity index (χ4n) is 3.10. The van der Waals surface area contributed by atoms with Crippen LogP contribution in [0.2, 0.25) is 0 Å². The van der Waals surface area contributed by atoms with Crippen LogP contribution in [0.15, 0.2) is 57.9 Å². The van der Waals surface area contributed by atoms with Crippen molar-refractivity contribution in [2.45, 2.75) is 31.6 Å². The molecule has 2 amide bonds. The molecule has 0 atom stereocenters. The zero-order chi connectivity index (χ0) is 24.0. The Morgan fingerprint density at radius 3 is 2.52 bits per heavy atom. The molecule has 0 aliphatic rings. The fourth-order valence-corrected chi connectivity index (χ4v) is 4.21. The van der Waals surface area contributed by atoms with E-state index in [1.54, 1.807) is 38.1 Å². The number of nitrogens with zero attached hydrogens (tertiary/aromatic N) is 1. The first-order chi connectivity index (χ1) is 15.7. The Balaban J connectivity index is 1.62. The molecule has 33 heavy (non-hydrogen) atoms. The van der Waals surface area contributed by atoms with E-state index < -0.39 is 21.8 Å². The minimum Gasteiger partial charge on any atom is -0.495 e. The average molecular weight is 473 g/mol. The second-order valence-corrected chi connectivity index (χ2v) is 8.82. The van der Waals surface area contributed by atoms with E-state index in [0.29, 0.717) is 23.6 Å². The van der Waals surface area contributed by atoms with Crippen molar-refractivity contribution in [3.05, 3.63) is 71.1 Å². The Bertz CT molecular complexity index is 1250. The van der Waals surface area contributed by atoms with Crippen LogP contribution in [-0.4, -0.2) is 32.5 Å². The van der Waals surface area contributed by atoms with E-state index in [1.807, 2.05) is 0 Å². The van der Waals surface area contributed by atoms with Crippen molar-refractivity contribution in [2.75, 3.05) is 11.8 Å². The van der Waals surface area contributed by atoms with Crippen molar-refractivity contribution in [3.63, 3.8) is 0 Å². The highest BCUT2D eigenvalue weighted by atomic mass is 32.2. The molecule has 0 bridgehead atoms. The van der Waals surface area contributed by atoms with Gasteiger partial charge in [0.25, 0.3) is 15.9 Å². The summed E-state index contributed by atoms with van der Waals surface area (Å²) in [5, 5.41) is 3.83. The molecular weight excluding hydrogens is 448 g/mol. The Labute approximate surface area is 191 Å². The van der Waals surface area contributed by atoms with Gasteiger partial charge in [0, 0.05) is 17.5 Å². The number of anilines is 1. The highest BCUT2D eigenvalue weighted by molar-refractivity contribution is 7.92. The maximum Gasteiger partial charge on any atom is 0.269 e. The van der Waals surface area contributed by atoms with Crippen molar-refractivity contribution in [1.29, 1.82) is 0 Å². The number of rotatable bonds is 8. The van der Waals surface area contributed by atoms with Gasteiger partial charge < -0.3 is 9.26 Å². The van der Waals surface area contributed by atoms with E-state index in [4.69, 9.17) is 9.26 Å². The monoisotopic (exact) mass is 472 g/mol. The van der Waals surface area contributed by atoms with Crippen LogP contribution < -0.4 is 20.3 Å². The summed E-state index contributed by atoms with van der Waals surface area (Å²) >= 11 is 0. The molecule has 1 aromatic heterocycles. The van der Waals surface area contributed by atoms with Crippen LogP contribution in [0.3, 0.4) is 0 Å². The maximum atomic E-state index is 12.8. The first-order valence-electron chi connectivity index (χ1n) is 9.98. The van der Waals surface area contributed by atoms with Gasteiger partial charge in [-0.25, -0.2) is 8.42 Å². The van der Waals surface area contributed by atoms with Crippen molar-refractivity contribution < 1.29 is 27.3 Å². The van der Waals surface area contributed by atoms with Crippen LogP contribution in [-0.2, 0) is 21.2 Å². The molecule has 0 saturated carbocycles. The number of aromatic nitrogens is 1. The van der Waals surface area contributed by atoms with Gasteiger partial charge in [0.05, 0.1) is 23.4 Å². The molecule has 3 rings (SSSR count). The molecule has 174 valence electrons. The molecule has 10 nitrogen and oxygen atoms in total. The van der Waals surface area contributed by atoms with Crippen molar-refractivity contribution in [2.24, 2.45) is 0 Å². The van der Waals surface area contributed by atoms with E-state index in [-0.39, 0.29) is 22.6 Å². The lowest BCUT2D eigenvalue weighted by atomic mass is 10.1. The summed E-state index contributed by atoms with van der Waals surface area (Å²) in [6.07, 6.45) is 0.519. The Kier molecular flexibility index (Phi) is 7.34. The zero-order valence-corrected chi connectivity index (χ0v) is 19.2. The number of amides is 2. The summed E-state index contributed by atoms with van der Waals surface area (Å²) in [4.78, 5) is 24.4. The van der Waals surface area contributed by atoms with Gasteiger partial charge in [-0.1, -0.05) is 23.4 Å². The van der Waals surface area contributed by atoms with Crippen LogP contribution in [0, 0.1) is 13.8 Å². The second kappa shape index (κ2) is 10.2. The second-order valence-electron chi connectivity index (χ2n) is 7.14. The number of benzene rings is 2. The molecule has 11 heteroatoms. The molecule has 0 fully saturated rings. The summed E-state index contributed by atoms with van der Waals surface area (Å²) in [6, 6.07) is 12.0. The summed E-state index contributed by atoms with van der Waals surface area (Å²) in [6.45, 7) is 3.55. The number of hydrazine groups is 1. The smallest absolute Gasteiger partial charge is 0.269 e. The first-order valence-corrected chi connectivity index (χ1v) is 11.5. The predicted molar refractivity (Wildman–Crippen MR) is 120 cm³/mol. The number of hydrogen-bond donors (Lipinski definition) is 3. The molecular formula is C22H24N4O6S. The molecule has 0 radical (unpaired) electrons. The molecule has 0 aliphatic heterocycles. The lowest BCUT2D eigenvalue weighted by Crippen LogP contribution is -2.41. The largest absolute Gasteiger partial charge is 0.495 e. The average Bonchev–Trinajstić information content (AvgIpc) is 3.13. The van der Waals surface area contributed by atoms with Gasteiger partial charge in [0.1, 0.15) is 11.5 Å². The summed E-state index contributed by atoms with van der Waals surface area (Å²) in [5.74, 6) is -0.0710. The summed E-state index contributed by atoms with van der Waals surface area (Å²) < 4.78 is 38.2. The number of aryl methyl sites for hydroxylation is 2. The lowest BCUT2D eigenvalue weighted by molar-refractivity contribution is -0.121. The van der Waals surface area contributed by atoms with E-state index >= 15 is 0 Å². The number of sulfonamides is 1. The van der Waals surface area contributed by atoms with Gasteiger partial charge in [0.15, 0.2) is 0 Å². The van der Waals surface area contributed by atoms with Gasteiger partial charge in [-0.2, -0.15) is 0 Å². The molecule has 3 N–H and O–H groups in total. The third-order valence-electron chi connectivity index (χ3n) is 4.86. The van der Waals surface area contributed by atoms with Gasteiger partial charge in [0.2, 0.25) is 5.91 Å². The highest BCUT2D eigenvalue weighted by Crippen LogP contribution is 2.26. The maximum absolute atomic E-state index is 12.8. The van der Waals surface area contributed by atoms with Crippen LogP contribution in [0.25, 0.3) is 0 Å². The van der Waals surface area contributed by atoms with Crippen molar-refractivity contribution in [1.82, 2.24) is 16.0 Å². The molecule has 3 aromatic rings. The normalized spacial score (nSPS) is 11.0. The quantitative estimate of drug-likeness (QED) is 0.428. The van der Waals surface area contributed by atoms with Crippen molar-refractivity contribution >= 4 is 27.5 Å². The van der Waals surface area contributed by atoms with E-state index in [1.165, 1.54) is 31.4 Å². The van der Waals surface area contributed by atoms with Gasteiger partial charge in [-0.05, 0) is 50.6 Å². The molecule has 0 saturated heterocycles. The highest BCUT2D eigenvalue weighted by Gasteiger charge is 2.19. The first kappa shape index (κ1) is 23.8. The number of methoxy groups -OCH3 is 1. The summed E-state index contributed by atoms with van der Waals surface area (Å²) in [5.41, 5.74) is 6.50. The minimum absolute atomic E-state index is 0.0592. The van der Waals surface area contributed by atoms with Gasteiger partial charge >= 0.3 is 0 Å². The number of hydrogen-bond acceptors (Lipinski definition) is 7. The third kappa shape index (κ3) is 5.89. The van der Waals surface area contributed by atoms with Crippen LogP contribution in [0.4, 0.5) is 5.69 Å². The predicted octanol–water partition coefficient (Wildman–Crippen LogP) is 2.49. The Hall–Kier alpha value is -3.86. The number of para-hydroxylation sites is 2. The zero-order valence-electron chi connectivity index (χ0n) is 18.3. The van der Waals surface area contributed by atoms with Crippen LogP contribution in [0.5, 0.6) is 5.75 Å². The number of carbonyl (C=O) groups is 2.